The Morgan fingerprint density at radius 1 is 1.15 bits per heavy atom. The summed E-state index contributed by atoms with van der Waals surface area (Å²) in [5.41, 5.74) is 1.95. The van der Waals surface area contributed by atoms with E-state index in [0.717, 1.165) is 10.2 Å². The van der Waals surface area contributed by atoms with Gasteiger partial charge in [0.05, 0.1) is 11.9 Å². The zero-order valence-corrected chi connectivity index (χ0v) is 16.1. The van der Waals surface area contributed by atoms with Crippen LogP contribution >= 0.6 is 23.2 Å². The third-order valence-electron chi connectivity index (χ3n) is 4.04. The molecule has 0 unspecified atom stereocenters. The molecule has 0 spiro atoms. The van der Waals surface area contributed by atoms with Gasteiger partial charge in [-0.05, 0) is 43.7 Å². The Bertz CT molecular complexity index is 1050. The van der Waals surface area contributed by atoms with Gasteiger partial charge in [0.25, 0.3) is 0 Å². The van der Waals surface area contributed by atoms with Crippen LogP contribution in [0.3, 0.4) is 0 Å². The number of rotatable bonds is 4. The van der Waals surface area contributed by atoms with E-state index in [1.807, 2.05) is 6.92 Å². The van der Waals surface area contributed by atoms with Crippen LogP contribution in [-0.2, 0) is 4.79 Å². The first-order valence-electron chi connectivity index (χ1n) is 8.14. The lowest BCUT2D eigenvalue weighted by Crippen LogP contribution is -2.34. The summed E-state index contributed by atoms with van der Waals surface area (Å²) >= 11 is 11.9. The van der Waals surface area contributed by atoms with Gasteiger partial charge in [-0.15, -0.1) is 0 Å². The third kappa shape index (κ3) is 4.35. The van der Waals surface area contributed by atoms with E-state index in [-0.39, 0.29) is 0 Å². The fourth-order valence-corrected chi connectivity index (χ4v) is 2.71. The summed E-state index contributed by atoms with van der Waals surface area (Å²) in [5.74, 6) is -0.398. The minimum absolute atomic E-state index is 0.398. The Hall–Kier alpha value is -2.70. The van der Waals surface area contributed by atoms with Crippen LogP contribution in [0.2, 0.25) is 10.0 Å². The summed E-state index contributed by atoms with van der Waals surface area (Å²) < 4.78 is 1.03. The lowest BCUT2D eigenvalue weighted by atomic mass is 10.2. The monoisotopic (exact) mass is 402 g/mol. The minimum atomic E-state index is -0.843. The molecule has 0 aliphatic rings. The number of hydrogen-bond acceptors (Lipinski definition) is 4. The Morgan fingerprint density at radius 3 is 2.48 bits per heavy atom. The molecule has 1 amide bonds. The summed E-state index contributed by atoms with van der Waals surface area (Å²) in [5, 5.41) is 7.95. The van der Waals surface area contributed by atoms with Crippen LogP contribution in [0.1, 0.15) is 18.5 Å². The van der Waals surface area contributed by atoms with Crippen LogP contribution in [0.25, 0.3) is 11.3 Å². The number of hydrogen-bond donors (Lipinski definition) is 1. The van der Waals surface area contributed by atoms with Gasteiger partial charge in [-0.3, -0.25) is 4.79 Å². The maximum absolute atomic E-state index is 12.5. The molecule has 8 heteroatoms. The normalized spacial score (nSPS) is 11.9. The van der Waals surface area contributed by atoms with Crippen LogP contribution < -0.4 is 11.0 Å². The number of nitrogens with one attached hydrogen (secondary N) is 1. The topological polar surface area (TPSA) is 76.9 Å². The van der Waals surface area contributed by atoms with Gasteiger partial charge in [0, 0.05) is 21.3 Å². The van der Waals surface area contributed by atoms with Gasteiger partial charge in [0.2, 0.25) is 5.91 Å². The zero-order chi connectivity index (χ0) is 19.6. The van der Waals surface area contributed by atoms with Crippen molar-refractivity contribution in [1.82, 2.24) is 14.8 Å². The molecule has 6 nitrogen and oxygen atoms in total. The predicted molar refractivity (Wildman–Crippen MR) is 106 cm³/mol. The molecule has 0 fully saturated rings. The van der Waals surface area contributed by atoms with Gasteiger partial charge in [0.15, 0.2) is 0 Å². The van der Waals surface area contributed by atoms with Crippen molar-refractivity contribution < 1.29 is 4.79 Å². The van der Waals surface area contributed by atoms with Crippen molar-refractivity contribution in [3.8, 4) is 11.3 Å². The molecule has 1 heterocycles. The van der Waals surface area contributed by atoms with E-state index >= 15 is 0 Å². The van der Waals surface area contributed by atoms with E-state index in [0.29, 0.717) is 27.0 Å². The fraction of sp³-hybridized carbons (Fsp3) is 0.158. The Morgan fingerprint density at radius 2 is 1.85 bits per heavy atom. The summed E-state index contributed by atoms with van der Waals surface area (Å²) in [4.78, 5) is 28.8. The molecule has 0 aliphatic heterocycles. The molecule has 2 aromatic carbocycles. The number of amides is 1. The van der Waals surface area contributed by atoms with Gasteiger partial charge < -0.3 is 5.32 Å². The van der Waals surface area contributed by atoms with Crippen molar-refractivity contribution >= 4 is 34.8 Å². The van der Waals surface area contributed by atoms with Gasteiger partial charge in [-0.2, -0.15) is 10.1 Å². The van der Waals surface area contributed by atoms with Crippen molar-refractivity contribution in [2.45, 2.75) is 19.9 Å². The van der Waals surface area contributed by atoms with E-state index in [1.165, 1.54) is 6.20 Å². The first kappa shape index (κ1) is 19.1. The Balaban J connectivity index is 1.80. The number of halogens is 2. The average molecular weight is 403 g/mol. The van der Waals surface area contributed by atoms with E-state index < -0.39 is 17.6 Å². The molecule has 0 bridgehead atoms. The quantitative estimate of drug-likeness (QED) is 0.711. The molecule has 1 aromatic heterocycles. The van der Waals surface area contributed by atoms with Gasteiger partial charge in [-0.1, -0.05) is 41.4 Å². The number of nitrogens with zero attached hydrogens (tertiary/aromatic N) is 3. The van der Waals surface area contributed by atoms with Crippen LogP contribution in [0.15, 0.2) is 53.5 Å². The number of anilines is 1. The molecular weight excluding hydrogens is 387 g/mol. The van der Waals surface area contributed by atoms with Gasteiger partial charge >= 0.3 is 5.69 Å². The fourth-order valence-electron chi connectivity index (χ4n) is 2.40. The highest BCUT2D eigenvalue weighted by molar-refractivity contribution is 6.31. The molecule has 27 heavy (non-hydrogen) atoms. The number of carbonyl (C=O) groups excluding carboxylic acids is 1. The second-order valence-electron chi connectivity index (χ2n) is 6.00. The van der Waals surface area contributed by atoms with Crippen LogP contribution in [0.5, 0.6) is 0 Å². The minimum Gasteiger partial charge on any atom is -0.324 e. The lowest BCUT2D eigenvalue weighted by Gasteiger charge is -2.14. The Kier molecular flexibility index (Phi) is 5.58. The average Bonchev–Trinajstić information content (AvgIpc) is 2.64. The maximum Gasteiger partial charge on any atom is 0.365 e. The van der Waals surface area contributed by atoms with E-state index in [2.05, 4.69) is 15.4 Å². The summed E-state index contributed by atoms with van der Waals surface area (Å²) in [7, 11) is 0. The second-order valence-corrected chi connectivity index (χ2v) is 6.85. The van der Waals surface area contributed by atoms with Gasteiger partial charge in [0.1, 0.15) is 6.04 Å². The third-order valence-corrected chi connectivity index (χ3v) is 4.70. The number of benzene rings is 2. The standard InChI is InChI=1S/C19H16Cl2N4O2/c1-11-3-8-15(9-16(11)21)23-18(26)12(2)25-19(27)24-17(10-22-25)13-4-6-14(20)7-5-13/h3-10,12H,1-2H3,(H,23,26)/t12-/m0/s1. The molecule has 138 valence electrons. The summed E-state index contributed by atoms with van der Waals surface area (Å²) in [6, 6.07) is 11.2. The summed E-state index contributed by atoms with van der Waals surface area (Å²) in [6.45, 7) is 3.44. The summed E-state index contributed by atoms with van der Waals surface area (Å²) in [6.07, 6.45) is 1.44. The zero-order valence-electron chi connectivity index (χ0n) is 14.6. The highest BCUT2D eigenvalue weighted by atomic mass is 35.5. The Labute approximate surface area is 165 Å². The van der Waals surface area contributed by atoms with Crippen LogP contribution in [0.4, 0.5) is 5.69 Å². The maximum atomic E-state index is 12.5. The molecule has 1 N–H and O–H groups in total. The number of aromatic nitrogens is 3. The van der Waals surface area contributed by atoms with Crippen molar-refractivity contribution in [1.29, 1.82) is 0 Å². The molecule has 0 aliphatic carbocycles. The predicted octanol–water partition coefficient (Wildman–Crippen LogP) is 4.12. The molecular formula is C19H16Cl2N4O2. The van der Waals surface area contributed by atoms with Gasteiger partial charge in [-0.25, -0.2) is 9.48 Å². The molecule has 3 aromatic rings. The smallest absolute Gasteiger partial charge is 0.324 e. The largest absolute Gasteiger partial charge is 0.365 e. The van der Waals surface area contributed by atoms with Crippen molar-refractivity contribution in [3.05, 3.63) is 74.8 Å². The van der Waals surface area contributed by atoms with E-state index in [9.17, 15) is 9.59 Å². The van der Waals surface area contributed by atoms with E-state index in [4.69, 9.17) is 23.2 Å². The number of aryl methyl sites for hydroxylation is 1. The molecule has 0 saturated heterocycles. The van der Waals surface area contributed by atoms with E-state index in [1.54, 1.807) is 49.4 Å². The van der Waals surface area contributed by atoms with Crippen LogP contribution in [0, 0.1) is 6.92 Å². The molecule has 1 atom stereocenters. The highest BCUT2D eigenvalue weighted by Gasteiger charge is 2.19. The first-order chi connectivity index (χ1) is 12.8. The number of carbonyl (C=O) groups is 1. The molecule has 0 saturated carbocycles. The van der Waals surface area contributed by atoms with Crippen molar-refractivity contribution in [2.24, 2.45) is 0 Å². The molecule has 0 radical (unpaired) electrons. The first-order valence-corrected chi connectivity index (χ1v) is 8.89. The van der Waals surface area contributed by atoms with Crippen molar-refractivity contribution in [2.75, 3.05) is 5.32 Å². The van der Waals surface area contributed by atoms with Crippen LogP contribution in [-0.4, -0.2) is 20.7 Å². The highest BCUT2D eigenvalue weighted by Crippen LogP contribution is 2.21. The van der Waals surface area contributed by atoms with Crippen molar-refractivity contribution in [3.63, 3.8) is 0 Å². The molecule has 3 rings (SSSR count). The SMILES string of the molecule is Cc1ccc(NC(=O)[C@H](C)n2ncc(-c3ccc(Cl)cc3)nc2=O)cc1Cl. The lowest BCUT2D eigenvalue weighted by molar-refractivity contribution is -0.119. The second kappa shape index (κ2) is 7.90.